The number of ether oxygens (including phenoxy) is 1. The van der Waals surface area contributed by atoms with Gasteiger partial charge in [0.15, 0.2) is 11.5 Å². The van der Waals surface area contributed by atoms with E-state index in [4.69, 9.17) is 14.3 Å². The van der Waals surface area contributed by atoms with Crippen LogP contribution in [0.3, 0.4) is 0 Å². The van der Waals surface area contributed by atoms with Crippen molar-refractivity contribution in [1.82, 2.24) is 4.98 Å². The van der Waals surface area contributed by atoms with Crippen LogP contribution in [0.1, 0.15) is 36.0 Å². The number of carbonyl (C=O) groups is 1. The van der Waals surface area contributed by atoms with Crippen LogP contribution < -0.4 is 0 Å². The molecule has 0 spiro atoms. The molecular weight excluding hydrogens is 258 g/mol. The molecule has 0 bridgehead atoms. The number of carboxylic acids is 1. The lowest BCUT2D eigenvalue weighted by atomic mass is 9.80. The Bertz CT molecular complexity index is 628. The number of oxazole rings is 1. The van der Waals surface area contributed by atoms with Gasteiger partial charge in [-0.15, -0.1) is 0 Å². The molecule has 106 valence electrons. The Balaban J connectivity index is 1.69. The zero-order chi connectivity index (χ0) is 14.1. The predicted octanol–water partition coefficient (Wildman–Crippen LogP) is 2.88. The number of hydrogen-bond donors (Lipinski definition) is 1. The quantitative estimate of drug-likeness (QED) is 0.908. The summed E-state index contributed by atoms with van der Waals surface area (Å²) in [5.41, 5.74) is 1.49. The van der Waals surface area contributed by atoms with Crippen LogP contribution in [-0.4, -0.2) is 28.8 Å². The largest absolute Gasteiger partial charge is 0.478 e. The number of rotatable bonds is 5. The van der Waals surface area contributed by atoms with Crippen LogP contribution in [0, 0.1) is 5.92 Å². The van der Waals surface area contributed by atoms with Gasteiger partial charge in [-0.3, -0.25) is 0 Å². The topological polar surface area (TPSA) is 72.6 Å². The lowest BCUT2D eigenvalue weighted by Crippen LogP contribution is -2.32. The molecule has 1 saturated carbocycles. The Hall–Kier alpha value is -1.88. The predicted molar refractivity (Wildman–Crippen MR) is 72.8 cm³/mol. The van der Waals surface area contributed by atoms with Crippen LogP contribution in [-0.2, 0) is 11.2 Å². The van der Waals surface area contributed by atoms with Gasteiger partial charge in [0, 0.05) is 13.0 Å². The molecule has 0 atom stereocenters. The molecule has 1 aromatic carbocycles. The van der Waals surface area contributed by atoms with E-state index in [-0.39, 0.29) is 5.56 Å². The van der Waals surface area contributed by atoms with E-state index in [0.717, 1.165) is 25.9 Å². The molecule has 2 aromatic rings. The minimum Gasteiger partial charge on any atom is -0.478 e. The zero-order valence-electron chi connectivity index (χ0n) is 11.3. The number of benzene rings is 1. The molecular formula is C15H17NO4. The van der Waals surface area contributed by atoms with Crippen LogP contribution in [0.5, 0.6) is 0 Å². The number of aromatic carboxylic acids is 1. The van der Waals surface area contributed by atoms with Gasteiger partial charge in [0.2, 0.25) is 0 Å². The van der Waals surface area contributed by atoms with E-state index in [9.17, 15) is 4.79 Å². The monoisotopic (exact) mass is 275 g/mol. The summed E-state index contributed by atoms with van der Waals surface area (Å²) in [6.45, 7) is 2.77. The van der Waals surface area contributed by atoms with Crippen molar-refractivity contribution in [1.29, 1.82) is 0 Å². The van der Waals surface area contributed by atoms with Crippen LogP contribution in [0.2, 0.25) is 0 Å². The van der Waals surface area contributed by atoms with E-state index in [2.05, 4.69) is 4.98 Å². The van der Waals surface area contributed by atoms with E-state index < -0.39 is 5.97 Å². The van der Waals surface area contributed by atoms with Crippen molar-refractivity contribution in [3.63, 3.8) is 0 Å². The van der Waals surface area contributed by atoms with Gasteiger partial charge in [-0.25, -0.2) is 9.78 Å². The summed E-state index contributed by atoms with van der Waals surface area (Å²) in [7, 11) is 0. The molecule has 3 rings (SSSR count). The summed E-state index contributed by atoms with van der Waals surface area (Å²) in [6, 6.07) is 4.75. The lowest BCUT2D eigenvalue weighted by molar-refractivity contribution is -0.0254. The van der Waals surface area contributed by atoms with Crippen molar-refractivity contribution in [3.8, 4) is 0 Å². The lowest BCUT2D eigenvalue weighted by Gasteiger charge is -2.34. The fourth-order valence-electron chi connectivity index (χ4n) is 2.66. The minimum atomic E-state index is -0.949. The molecule has 0 radical (unpaired) electrons. The highest BCUT2D eigenvalue weighted by Gasteiger charge is 2.30. The first-order valence-corrected chi connectivity index (χ1v) is 6.90. The highest BCUT2D eigenvalue weighted by molar-refractivity contribution is 5.91. The third-order valence-electron chi connectivity index (χ3n) is 3.74. The van der Waals surface area contributed by atoms with Gasteiger partial charge in [0.05, 0.1) is 11.7 Å². The number of nitrogens with zero attached hydrogens (tertiary/aromatic N) is 1. The third-order valence-corrected chi connectivity index (χ3v) is 3.74. The highest BCUT2D eigenvalue weighted by Crippen LogP contribution is 2.33. The molecule has 5 heteroatoms. The number of fused-ring (bicyclic) bond motifs is 1. The fourth-order valence-corrected chi connectivity index (χ4v) is 2.66. The Kier molecular flexibility index (Phi) is 3.44. The van der Waals surface area contributed by atoms with Crippen molar-refractivity contribution in [2.24, 2.45) is 5.92 Å². The first-order valence-electron chi connectivity index (χ1n) is 6.90. The van der Waals surface area contributed by atoms with E-state index in [1.807, 2.05) is 6.92 Å². The van der Waals surface area contributed by atoms with Crippen molar-refractivity contribution in [2.45, 2.75) is 32.3 Å². The number of carboxylic acid groups (broad SMARTS) is 1. The maximum atomic E-state index is 10.9. The average Bonchev–Trinajstić information content (AvgIpc) is 2.77. The minimum absolute atomic E-state index is 0.234. The smallest absolute Gasteiger partial charge is 0.335 e. The second-order valence-corrected chi connectivity index (χ2v) is 5.21. The molecule has 1 aromatic heterocycles. The Morgan fingerprint density at radius 2 is 2.30 bits per heavy atom. The van der Waals surface area contributed by atoms with E-state index in [1.165, 1.54) is 6.07 Å². The second kappa shape index (κ2) is 5.25. The van der Waals surface area contributed by atoms with Crippen LogP contribution in [0.25, 0.3) is 11.1 Å². The molecule has 1 aliphatic rings. The normalized spacial score (nSPS) is 21.9. The maximum absolute atomic E-state index is 10.9. The molecule has 1 N–H and O–H groups in total. The highest BCUT2D eigenvalue weighted by atomic mass is 16.5. The van der Waals surface area contributed by atoms with Gasteiger partial charge >= 0.3 is 5.97 Å². The van der Waals surface area contributed by atoms with Crippen LogP contribution >= 0.6 is 0 Å². The van der Waals surface area contributed by atoms with E-state index in [1.54, 1.807) is 12.1 Å². The van der Waals surface area contributed by atoms with Crippen LogP contribution in [0.4, 0.5) is 0 Å². The van der Waals surface area contributed by atoms with Gasteiger partial charge in [0.25, 0.3) is 0 Å². The number of hydrogen-bond acceptors (Lipinski definition) is 4. The maximum Gasteiger partial charge on any atom is 0.335 e. The van der Waals surface area contributed by atoms with Gasteiger partial charge in [-0.2, -0.15) is 0 Å². The Labute approximate surface area is 116 Å². The summed E-state index contributed by atoms with van der Waals surface area (Å²) in [5.74, 6) is 0.288. The third kappa shape index (κ3) is 2.54. The van der Waals surface area contributed by atoms with E-state index in [0.29, 0.717) is 29.0 Å². The van der Waals surface area contributed by atoms with E-state index >= 15 is 0 Å². The molecule has 20 heavy (non-hydrogen) atoms. The first-order chi connectivity index (χ1) is 9.65. The molecule has 1 fully saturated rings. The van der Waals surface area contributed by atoms with Crippen molar-refractivity contribution in [3.05, 3.63) is 29.7 Å². The van der Waals surface area contributed by atoms with Crippen molar-refractivity contribution < 1.29 is 19.1 Å². The Morgan fingerprint density at radius 3 is 3.00 bits per heavy atom. The molecule has 1 aliphatic carbocycles. The van der Waals surface area contributed by atoms with Gasteiger partial charge in [-0.1, -0.05) is 0 Å². The molecule has 0 unspecified atom stereocenters. The fraction of sp³-hybridized carbons (Fsp3) is 0.467. The van der Waals surface area contributed by atoms with Gasteiger partial charge in [-0.05, 0) is 43.9 Å². The molecule has 0 amide bonds. The van der Waals surface area contributed by atoms with Crippen LogP contribution in [0.15, 0.2) is 22.6 Å². The Morgan fingerprint density at radius 1 is 1.50 bits per heavy atom. The van der Waals surface area contributed by atoms with Crippen molar-refractivity contribution >= 4 is 17.1 Å². The summed E-state index contributed by atoms with van der Waals surface area (Å²) in [4.78, 5) is 15.3. The first kappa shape index (κ1) is 13.1. The SMILES string of the molecule is CCOC1CC(Cc2nc3cc(C(=O)O)ccc3o2)C1. The summed E-state index contributed by atoms with van der Waals surface area (Å²) >= 11 is 0. The van der Waals surface area contributed by atoms with Gasteiger partial charge < -0.3 is 14.3 Å². The molecule has 1 heterocycles. The molecule has 0 saturated heterocycles. The summed E-state index contributed by atoms with van der Waals surface area (Å²) < 4.78 is 11.2. The average molecular weight is 275 g/mol. The molecule has 5 nitrogen and oxygen atoms in total. The van der Waals surface area contributed by atoms with Gasteiger partial charge in [0.1, 0.15) is 5.52 Å². The molecule has 0 aliphatic heterocycles. The summed E-state index contributed by atoms with van der Waals surface area (Å²) in [5, 5.41) is 8.95. The number of aromatic nitrogens is 1. The standard InChI is InChI=1S/C15H17NO4/c1-2-19-11-5-9(6-11)7-14-16-12-8-10(15(17)18)3-4-13(12)20-14/h3-4,8-9,11H,2,5-7H2,1H3,(H,17,18). The second-order valence-electron chi connectivity index (χ2n) is 5.21. The van der Waals surface area contributed by atoms with Crippen molar-refractivity contribution in [2.75, 3.05) is 6.61 Å². The zero-order valence-corrected chi connectivity index (χ0v) is 11.3. The summed E-state index contributed by atoms with van der Waals surface area (Å²) in [6.07, 6.45) is 3.27.